The summed E-state index contributed by atoms with van der Waals surface area (Å²) in [5, 5.41) is 23.2. The molecule has 0 radical (unpaired) electrons. The van der Waals surface area contributed by atoms with Crippen LogP contribution in [-0.2, 0) is 24.7 Å². The normalized spacial score (nSPS) is 12.4. The number of fused-ring (bicyclic) bond motifs is 6. The highest BCUT2D eigenvalue weighted by atomic mass is 19.4. The van der Waals surface area contributed by atoms with Crippen molar-refractivity contribution in [3.63, 3.8) is 0 Å². The van der Waals surface area contributed by atoms with Gasteiger partial charge in [0.25, 0.3) is 0 Å². The molecule has 0 unspecified atom stereocenters. The second-order valence-corrected chi connectivity index (χ2v) is 22.1. The molecule has 0 saturated carbocycles. The first-order valence-corrected chi connectivity index (χ1v) is 27.1. The lowest BCUT2D eigenvalue weighted by Gasteiger charge is -2.22. The average molecular weight is 1180 g/mol. The zero-order valence-corrected chi connectivity index (χ0v) is 46.6. The molecule has 0 aliphatic carbocycles. The Morgan fingerprint density at radius 1 is 0.299 bits per heavy atom. The van der Waals surface area contributed by atoms with Crippen molar-refractivity contribution in [2.75, 3.05) is 0 Å². The second kappa shape index (κ2) is 20.6. The van der Waals surface area contributed by atoms with E-state index < -0.39 is 52.5 Å². The molecule has 4 nitrogen and oxygen atoms in total. The Morgan fingerprint density at radius 2 is 0.609 bits per heavy atom. The van der Waals surface area contributed by atoms with Gasteiger partial charge in [-0.2, -0.15) is 63.2 Å². The molecular weight excluding hydrogens is 1140 g/mol. The maximum absolute atomic E-state index is 14.4. The molecule has 0 amide bonds. The lowest BCUT2D eigenvalue weighted by Crippen LogP contribution is -2.11. The molecule has 0 aliphatic rings. The van der Waals surface area contributed by atoms with Gasteiger partial charge in [0.2, 0.25) is 0 Å². The highest BCUT2D eigenvalue weighted by Gasteiger charge is 2.38. The molecule has 12 rings (SSSR count). The van der Waals surface area contributed by atoms with Crippen molar-refractivity contribution in [2.24, 2.45) is 0 Å². The van der Waals surface area contributed by atoms with Gasteiger partial charge >= 0.3 is 24.7 Å². The number of aromatic nitrogens is 2. The van der Waals surface area contributed by atoms with Crippen LogP contribution in [0.5, 0.6) is 0 Å². The summed E-state index contributed by atoms with van der Waals surface area (Å²) in [5.74, 6) is 0. The smallest absolute Gasteiger partial charge is 0.308 e. The van der Waals surface area contributed by atoms with E-state index in [0.717, 1.165) is 46.5 Å². The first-order chi connectivity index (χ1) is 41.0. The highest BCUT2D eigenvalue weighted by molar-refractivity contribution is 6.14. The third-order valence-electron chi connectivity index (χ3n) is 15.8. The van der Waals surface area contributed by atoms with E-state index in [0.29, 0.717) is 106 Å². The molecule has 0 atom stereocenters. The monoisotopic (exact) mass is 1180 g/mol. The van der Waals surface area contributed by atoms with Crippen LogP contribution in [0.2, 0.25) is 0 Å². The summed E-state index contributed by atoms with van der Waals surface area (Å²) >= 11 is 0. The third-order valence-corrected chi connectivity index (χ3v) is 15.8. The minimum absolute atomic E-state index is 0.0286. The lowest BCUT2D eigenvalue weighted by molar-refractivity contribution is -0.143. The Morgan fingerprint density at radius 3 is 0.931 bits per heavy atom. The van der Waals surface area contributed by atoms with E-state index in [-0.39, 0.29) is 33.7 Å². The van der Waals surface area contributed by atoms with Crippen LogP contribution in [0.3, 0.4) is 0 Å². The fraction of sp³-hybridized carbons (Fsp3) is 0.127. The van der Waals surface area contributed by atoms with Gasteiger partial charge in [-0.25, -0.2) is 0 Å². The standard InChI is InChI=1S/C71H44F12N4/c1-37-16-38(2)18-48(17-37)44-7-12-61-57(30-44)58-31-45(49-19-39(3)21-52(26-49)68(72,73)74)8-13-62(58)86(61)65-24-43(36-85)25-66(67(65)56-11-6-42(35-84)23-41(56)5)87-63-14-9-46(50-20-40(4)22-53(27-50)69(75,76)77)32-59(63)60-33-47(10-15-64(60)87)51-28-54(70(78,79)80)34-55(29-51)71(81,82)83/h6-34H,1-5H3. The van der Waals surface area contributed by atoms with E-state index in [1.165, 1.54) is 25.1 Å². The van der Waals surface area contributed by atoms with Crippen molar-refractivity contribution in [3.05, 3.63) is 237 Å². The molecule has 12 aromatic rings. The van der Waals surface area contributed by atoms with Gasteiger partial charge in [-0.15, -0.1) is 0 Å². The Kier molecular flexibility index (Phi) is 13.6. The van der Waals surface area contributed by atoms with Gasteiger partial charge in [-0.1, -0.05) is 71.8 Å². The van der Waals surface area contributed by atoms with E-state index in [1.54, 1.807) is 91.2 Å². The number of nitriles is 2. The lowest BCUT2D eigenvalue weighted by atomic mass is 9.93. The summed E-state index contributed by atoms with van der Waals surface area (Å²) in [6, 6.07) is 47.9. The van der Waals surface area contributed by atoms with Crippen molar-refractivity contribution < 1.29 is 52.7 Å². The second-order valence-electron chi connectivity index (χ2n) is 22.1. The summed E-state index contributed by atoms with van der Waals surface area (Å²) in [6.07, 6.45) is -19.7. The number of aryl methyl sites for hydroxylation is 5. The molecule has 87 heavy (non-hydrogen) atoms. The molecule has 2 heterocycles. The molecule has 0 N–H and O–H groups in total. The molecule has 2 aromatic heterocycles. The summed E-state index contributed by atoms with van der Waals surface area (Å²) < 4.78 is 176. The maximum atomic E-state index is 14.4. The Bertz CT molecular complexity index is 4900. The number of alkyl halides is 12. The number of rotatable bonds is 7. The average Bonchev–Trinajstić information content (AvgIpc) is 1.61. The first-order valence-electron chi connectivity index (χ1n) is 27.1. The Balaban J connectivity index is 1.21. The van der Waals surface area contributed by atoms with Crippen LogP contribution in [0, 0.1) is 57.3 Å². The molecule has 16 heteroatoms. The van der Waals surface area contributed by atoms with E-state index in [9.17, 15) is 63.2 Å². The van der Waals surface area contributed by atoms with Crippen LogP contribution in [0.25, 0.3) is 111 Å². The largest absolute Gasteiger partial charge is 0.416 e. The van der Waals surface area contributed by atoms with Crippen LogP contribution >= 0.6 is 0 Å². The number of hydrogen-bond acceptors (Lipinski definition) is 2. The predicted molar refractivity (Wildman–Crippen MR) is 315 cm³/mol. The van der Waals surface area contributed by atoms with E-state index in [2.05, 4.69) is 12.1 Å². The zero-order chi connectivity index (χ0) is 62.0. The maximum Gasteiger partial charge on any atom is 0.416 e. The molecule has 10 aromatic carbocycles. The van der Waals surface area contributed by atoms with Crippen molar-refractivity contribution in [1.82, 2.24) is 9.13 Å². The van der Waals surface area contributed by atoms with Gasteiger partial charge < -0.3 is 9.13 Å². The van der Waals surface area contributed by atoms with Crippen molar-refractivity contribution in [2.45, 2.75) is 59.3 Å². The SMILES string of the molecule is Cc1cc(C)cc(-c2ccc3c(c2)c2cc(-c4cc(C)cc(C(F)(F)F)c4)ccc2n3-c2cc(C#N)cc(-n3c4ccc(-c5cc(C)cc(C(F)(F)F)c5)cc4c4cc(-c5cc(C(F)(F)F)cc(C(F)(F)F)c5)ccc43)c2-c2ccc(C#N)cc2C)c1. The molecule has 0 fully saturated rings. The summed E-state index contributed by atoms with van der Waals surface area (Å²) in [7, 11) is 0. The first kappa shape index (κ1) is 57.4. The third kappa shape index (κ3) is 10.5. The summed E-state index contributed by atoms with van der Waals surface area (Å²) in [5.41, 5.74) is 4.94. The minimum Gasteiger partial charge on any atom is -0.308 e. The fourth-order valence-electron chi connectivity index (χ4n) is 12.1. The zero-order valence-electron chi connectivity index (χ0n) is 46.6. The Hall–Kier alpha value is -10.1. The topological polar surface area (TPSA) is 57.4 Å². The van der Waals surface area contributed by atoms with Crippen molar-refractivity contribution >= 4 is 43.6 Å². The van der Waals surface area contributed by atoms with Crippen molar-refractivity contribution in [1.29, 1.82) is 10.5 Å². The van der Waals surface area contributed by atoms with Gasteiger partial charge in [0.15, 0.2) is 0 Å². The van der Waals surface area contributed by atoms with Gasteiger partial charge in [0.05, 0.1) is 79.0 Å². The minimum atomic E-state index is -5.18. The fourth-order valence-corrected chi connectivity index (χ4v) is 12.1. The highest BCUT2D eigenvalue weighted by Crippen LogP contribution is 2.48. The number of nitrogens with zero attached hydrogens (tertiary/aromatic N) is 4. The van der Waals surface area contributed by atoms with Gasteiger partial charge in [0, 0.05) is 27.1 Å². The van der Waals surface area contributed by atoms with E-state index in [1.807, 2.05) is 60.9 Å². The number of halogens is 12. The summed E-state index contributed by atoms with van der Waals surface area (Å²) in [4.78, 5) is 0. The molecule has 0 spiro atoms. The molecular formula is C71H44F12N4. The van der Waals surface area contributed by atoms with E-state index in [4.69, 9.17) is 0 Å². The van der Waals surface area contributed by atoms with Gasteiger partial charge in [-0.05, 0) is 217 Å². The molecule has 0 bridgehead atoms. The van der Waals surface area contributed by atoms with Crippen molar-refractivity contribution in [3.8, 4) is 79.1 Å². The molecule has 432 valence electrons. The quantitative estimate of drug-likeness (QED) is 0.149. The van der Waals surface area contributed by atoms with Crippen LogP contribution in [0.4, 0.5) is 52.7 Å². The van der Waals surface area contributed by atoms with Crippen LogP contribution in [0.15, 0.2) is 176 Å². The summed E-state index contributed by atoms with van der Waals surface area (Å²) in [6.45, 7) is 8.84. The van der Waals surface area contributed by atoms with Crippen LogP contribution in [0.1, 0.15) is 61.2 Å². The predicted octanol–water partition coefficient (Wildman–Crippen LogP) is 21.6. The molecule has 0 aliphatic heterocycles. The van der Waals surface area contributed by atoms with E-state index >= 15 is 0 Å². The van der Waals surface area contributed by atoms with Gasteiger partial charge in [0.1, 0.15) is 0 Å². The number of hydrogen-bond donors (Lipinski definition) is 0. The van der Waals surface area contributed by atoms with Crippen LogP contribution in [-0.4, -0.2) is 9.13 Å². The Labute approximate surface area is 489 Å². The van der Waals surface area contributed by atoms with Gasteiger partial charge in [-0.3, -0.25) is 0 Å². The number of benzene rings is 10. The molecule has 0 saturated heterocycles. The van der Waals surface area contributed by atoms with Crippen LogP contribution < -0.4 is 0 Å².